The van der Waals surface area contributed by atoms with Crippen LogP contribution < -0.4 is 15.8 Å². The number of carbonyl (C=O) groups is 1. The first-order valence-electron chi connectivity index (χ1n) is 6.12. The minimum absolute atomic E-state index is 0.0284. The molecule has 1 aromatic rings. The van der Waals surface area contributed by atoms with Gasteiger partial charge in [-0.15, -0.1) is 0 Å². The number of hydrogen-bond acceptors (Lipinski definition) is 3. The average Bonchev–Trinajstić information content (AvgIpc) is 2.39. The Hall–Kier alpha value is -1.69. The lowest BCUT2D eigenvalue weighted by Gasteiger charge is -2.16. The zero-order valence-electron chi connectivity index (χ0n) is 11.0. The van der Waals surface area contributed by atoms with Crippen molar-refractivity contribution in [2.24, 2.45) is 5.73 Å². The zero-order chi connectivity index (χ0) is 14.4. The lowest BCUT2D eigenvalue weighted by Crippen LogP contribution is -2.37. The molecule has 6 heteroatoms. The van der Waals surface area contributed by atoms with Gasteiger partial charge in [-0.3, -0.25) is 4.79 Å². The number of amides is 1. The second-order valence-corrected chi connectivity index (χ2v) is 4.14. The van der Waals surface area contributed by atoms with Crippen LogP contribution in [-0.4, -0.2) is 18.6 Å². The SMILES string of the molecule is CCCNC(=O)C(C)Oc1c(F)cc(CN)cc1F. The molecule has 106 valence electrons. The normalized spacial score (nSPS) is 12.1. The van der Waals surface area contributed by atoms with Gasteiger partial charge in [-0.05, 0) is 31.0 Å². The van der Waals surface area contributed by atoms with Crippen molar-refractivity contribution in [3.8, 4) is 5.75 Å². The van der Waals surface area contributed by atoms with E-state index in [1.807, 2.05) is 6.92 Å². The number of nitrogens with one attached hydrogen (secondary N) is 1. The highest BCUT2D eigenvalue weighted by molar-refractivity contribution is 5.80. The molecule has 19 heavy (non-hydrogen) atoms. The van der Waals surface area contributed by atoms with Crippen LogP contribution in [0.15, 0.2) is 12.1 Å². The summed E-state index contributed by atoms with van der Waals surface area (Å²) in [6.45, 7) is 3.85. The number of benzene rings is 1. The average molecular weight is 272 g/mol. The van der Waals surface area contributed by atoms with Gasteiger partial charge < -0.3 is 15.8 Å². The van der Waals surface area contributed by atoms with Gasteiger partial charge in [0.15, 0.2) is 23.5 Å². The summed E-state index contributed by atoms with van der Waals surface area (Å²) in [4.78, 5) is 11.6. The largest absolute Gasteiger partial charge is 0.475 e. The highest BCUT2D eigenvalue weighted by Gasteiger charge is 2.19. The molecule has 1 amide bonds. The monoisotopic (exact) mass is 272 g/mol. The van der Waals surface area contributed by atoms with Crippen molar-refractivity contribution < 1.29 is 18.3 Å². The molecule has 1 aromatic carbocycles. The van der Waals surface area contributed by atoms with E-state index in [0.717, 1.165) is 18.6 Å². The first kappa shape index (κ1) is 15.4. The van der Waals surface area contributed by atoms with Crippen LogP contribution in [0, 0.1) is 11.6 Å². The van der Waals surface area contributed by atoms with Gasteiger partial charge >= 0.3 is 0 Å². The molecule has 0 radical (unpaired) electrons. The molecule has 0 aliphatic heterocycles. The van der Waals surface area contributed by atoms with Crippen molar-refractivity contribution in [1.29, 1.82) is 0 Å². The predicted octanol–water partition coefficient (Wildman–Crippen LogP) is 1.72. The van der Waals surface area contributed by atoms with Gasteiger partial charge in [-0.1, -0.05) is 6.92 Å². The number of carbonyl (C=O) groups excluding carboxylic acids is 1. The molecule has 1 unspecified atom stereocenters. The molecule has 0 saturated carbocycles. The Labute approximate surface area is 110 Å². The van der Waals surface area contributed by atoms with Crippen LogP contribution in [0.25, 0.3) is 0 Å². The lowest BCUT2D eigenvalue weighted by molar-refractivity contribution is -0.127. The smallest absolute Gasteiger partial charge is 0.260 e. The molecule has 0 spiro atoms. The maximum atomic E-state index is 13.6. The summed E-state index contributed by atoms with van der Waals surface area (Å²) in [7, 11) is 0. The second-order valence-electron chi connectivity index (χ2n) is 4.14. The van der Waals surface area contributed by atoms with E-state index in [9.17, 15) is 13.6 Å². The van der Waals surface area contributed by atoms with Gasteiger partial charge in [0.25, 0.3) is 5.91 Å². The minimum Gasteiger partial charge on any atom is -0.475 e. The maximum absolute atomic E-state index is 13.6. The van der Waals surface area contributed by atoms with Crippen molar-refractivity contribution >= 4 is 5.91 Å². The molecule has 1 rings (SSSR count). The Bertz CT molecular complexity index is 429. The topological polar surface area (TPSA) is 64.3 Å². The molecule has 1 atom stereocenters. The zero-order valence-corrected chi connectivity index (χ0v) is 11.0. The van der Waals surface area contributed by atoms with E-state index < -0.39 is 29.4 Å². The van der Waals surface area contributed by atoms with Crippen molar-refractivity contribution in [2.75, 3.05) is 6.54 Å². The summed E-state index contributed by atoms with van der Waals surface area (Å²) in [6, 6.07) is 2.18. The van der Waals surface area contributed by atoms with E-state index in [2.05, 4.69) is 5.32 Å². The summed E-state index contributed by atoms with van der Waals surface area (Å²) in [5.41, 5.74) is 5.63. The molecule has 0 saturated heterocycles. The molecule has 0 heterocycles. The van der Waals surface area contributed by atoms with E-state index in [4.69, 9.17) is 10.5 Å². The third-order valence-electron chi connectivity index (χ3n) is 2.51. The summed E-state index contributed by atoms with van der Waals surface area (Å²) < 4.78 is 32.3. The highest BCUT2D eigenvalue weighted by Crippen LogP contribution is 2.24. The Balaban J connectivity index is 2.79. The van der Waals surface area contributed by atoms with Crippen molar-refractivity contribution in [3.05, 3.63) is 29.3 Å². The van der Waals surface area contributed by atoms with Crippen LogP contribution >= 0.6 is 0 Å². The number of rotatable bonds is 6. The van der Waals surface area contributed by atoms with Crippen molar-refractivity contribution in [3.63, 3.8) is 0 Å². The number of ether oxygens (including phenoxy) is 1. The number of nitrogens with two attached hydrogens (primary N) is 1. The van der Waals surface area contributed by atoms with Crippen LogP contribution in [0.5, 0.6) is 5.75 Å². The van der Waals surface area contributed by atoms with E-state index in [1.165, 1.54) is 6.92 Å². The van der Waals surface area contributed by atoms with Gasteiger partial charge in [0.05, 0.1) is 0 Å². The number of halogens is 2. The second kappa shape index (κ2) is 7.04. The molecule has 0 aromatic heterocycles. The summed E-state index contributed by atoms with van der Waals surface area (Å²) in [5.74, 6) is -2.70. The van der Waals surface area contributed by atoms with Crippen molar-refractivity contribution in [2.45, 2.75) is 32.9 Å². The fourth-order valence-corrected chi connectivity index (χ4v) is 1.47. The Morgan fingerprint density at radius 1 is 1.42 bits per heavy atom. The van der Waals surface area contributed by atoms with Gasteiger partial charge in [0.2, 0.25) is 0 Å². The van der Waals surface area contributed by atoms with Gasteiger partial charge in [0, 0.05) is 13.1 Å². The quantitative estimate of drug-likeness (QED) is 0.828. The summed E-state index contributed by atoms with van der Waals surface area (Å²) in [5, 5.41) is 2.58. The van der Waals surface area contributed by atoms with E-state index in [0.29, 0.717) is 12.1 Å². The summed E-state index contributed by atoms with van der Waals surface area (Å²) >= 11 is 0. The Morgan fingerprint density at radius 3 is 2.47 bits per heavy atom. The van der Waals surface area contributed by atoms with E-state index in [-0.39, 0.29) is 6.54 Å². The molecule has 0 fully saturated rings. The summed E-state index contributed by atoms with van der Waals surface area (Å²) in [6.07, 6.45) is -0.203. The molecule has 4 nitrogen and oxygen atoms in total. The minimum atomic E-state index is -0.973. The van der Waals surface area contributed by atoms with Gasteiger partial charge in [0.1, 0.15) is 0 Å². The Morgan fingerprint density at radius 2 is 2.00 bits per heavy atom. The predicted molar refractivity (Wildman–Crippen MR) is 67.6 cm³/mol. The molecular weight excluding hydrogens is 254 g/mol. The first-order chi connectivity index (χ1) is 8.99. The van der Waals surface area contributed by atoms with Crippen LogP contribution in [0.4, 0.5) is 8.78 Å². The van der Waals surface area contributed by atoms with Crippen LogP contribution in [-0.2, 0) is 11.3 Å². The highest BCUT2D eigenvalue weighted by atomic mass is 19.1. The standard InChI is InChI=1S/C13H18F2N2O2/c1-3-4-17-13(18)8(2)19-12-10(14)5-9(7-16)6-11(12)15/h5-6,8H,3-4,7,16H2,1-2H3,(H,17,18). The van der Waals surface area contributed by atoms with Gasteiger partial charge in [-0.2, -0.15) is 0 Å². The molecule has 0 aliphatic rings. The fourth-order valence-electron chi connectivity index (χ4n) is 1.47. The van der Waals surface area contributed by atoms with E-state index >= 15 is 0 Å². The maximum Gasteiger partial charge on any atom is 0.260 e. The number of hydrogen-bond donors (Lipinski definition) is 2. The third-order valence-corrected chi connectivity index (χ3v) is 2.51. The first-order valence-corrected chi connectivity index (χ1v) is 6.12. The Kier molecular flexibility index (Phi) is 5.69. The molecular formula is C13H18F2N2O2. The van der Waals surface area contributed by atoms with Crippen molar-refractivity contribution in [1.82, 2.24) is 5.32 Å². The van der Waals surface area contributed by atoms with Crippen LogP contribution in [0.2, 0.25) is 0 Å². The van der Waals surface area contributed by atoms with E-state index in [1.54, 1.807) is 0 Å². The fraction of sp³-hybridized carbons (Fsp3) is 0.462. The van der Waals surface area contributed by atoms with Gasteiger partial charge in [-0.25, -0.2) is 8.78 Å². The molecule has 3 N–H and O–H groups in total. The lowest BCUT2D eigenvalue weighted by atomic mass is 10.2. The third kappa shape index (κ3) is 4.17. The molecule has 0 aliphatic carbocycles. The van der Waals surface area contributed by atoms with Crippen LogP contribution in [0.3, 0.4) is 0 Å². The van der Waals surface area contributed by atoms with Crippen LogP contribution in [0.1, 0.15) is 25.8 Å². The molecule has 0 bridgehead atoms.